The van der Waals surface area contributed by atoms with Crippen molar-refractivity contribution >= 4 is 12.4 Å². The zero-order chi connectivity index (χ0) is 11.5. The average molecular weight is 256 g/mol. The Balaban J connectivity index is 0.00000144. The summed E-state index contributed by atoms with van der Waals surface area (Å²) in [4.78, 5) is 2.29. The van der Waals surface area contributed by atoms with Gasteiger partial charge >= 0.3 is 0 Å². The minimum absolute atomic E-state index is 0. The molecule has 2 nitrogen and oxygen atoms in total. The summed E-state index contributed by atoms with van der Waals surface area (Å²) in [6, 6.07) is 6.50. The average Bonchev–Trinajstić information content (AvgIpc) is 2.27. The fourth-order valence-electron chi connectivity index (χ4n) is 2.61. The van der Waals surface area contributed by atoms with Crippen molar-refractivity contribution in [1.82, 2.24) is 4.90 Å². The predicted molar refractivity (Wildman–Crippen MR) is 74.3 cm³/mol. The van der Waals surface area contributed by atoms with Crippen molar-refractivity contribution in [2.75, 3.05) is 27.7 Å². The van der Waals surface area contributed by atoms with Gasteiger partial charge in [0.05, 0.1) is 7.11 Å². The first-order valence-corrected chi connectivity index (χ1v) is 5.99. The van der Waals surface area contributed by atoms with E-state index in [0.717, 1.165) is 11.7 Å². The van der Waals surface area contributed by atoms with Gasteiger partial charge < -0.3 is 9.64 Å². The number of rotatable bonds is 3. The van der Waals surface area contributed by atoms with Crippen LogP contribution in [0.2, 0.25) is 0 Å². The lowest BCUT2D eigenvalue weighted by Gasteiger charge is -2.27. The summed E-state index contributed by atoms with van der Waals surface area (Å²) < 4.78 is 5.29. The first kappa shape index (κ1) is 14.3. The maximum Gasteiger partial charge on any atom is 0.119 e. The minimum Gasteiger partial charge on any atom is -0.497 e. The van der Waals surface area contributed by atoms with Gasteiger partial charge in [-0.25, -0.2) is 0 Å². The minimum atomic E-state index is 0. The van der Waals surface area contributed by atoms with Crippen LogP contribution in [-0.2, 0) is 12.8 Å². The van der Waals surface area contributed by atoms with Crippen molar-refractivity contribution < 1.29 is 4.74 Å². The van der Waals surface area contributed by atoms with Crippen LogP contribution in [0, 0.1) is 5.92 Å². The number of halogens is 1. The Bertz CT molecular complexity index is 365. The number of benzene rings is 1. The van der Waals surface area contributed by atoms with Gasteiger partial charge in [0, 0.05) is 6.54 Å². The molecule has 0 fully saturated rings. The fraction of sp³-hybridized carbons (Fsp3) is 0.571. The first-order valence-electron chi connectivity index (χ1n) is 5.99. The second-order valence-electron chi connectivity index (χ2n) is 5.01. The van der Waals surface area contributed by atoms with Crippen molar-refractivity contribution in [3.63, 3.8) is 0 Å². The summed E-state index contributed by atoms with van der Waals surface area (Å²) in [5.74, 6) is 1.79. The van der Waals surface area contributed by atoms with Crippen LogP contribution in [0.1, 0.15) is 17.5 Å². The molecule has 0 spiro atoms. The second-order valence-corrected chi connectivity index (χ2v) is 5.01. The van der Waals surface area contributed by atoms with E-state index in [4.69, 9.17) is 4.74 Å². The smallest absolute Gasteiger partial charge is 0.119 e. The molecule has 0 heterocycles. The Labute approximate surface area is 110 Å². The van der Waals surface area contributed by atoms with Crippen molar-refractivity contribution in [2.24, 2.45) is 5.92 Å². The van der Waals surface area contributed by atoms with Gasteiger partial charge in [-0.2, -0.15) is 0 Å². The van der Waals surface area contributed by atoms with E-state index in [0.29, 0.717) is 0 Å². The summed E-state index contributed by atoms with van der Waals surface area (Å²) in [5, 5.41) is 0. The largest absolute Gasteiger partial charge is 0.497 e. The molecule has 0 radical (unpaired) electrons. The van der Waals surface area contributed by atoms with Crippen LogP contribution >= 0.6 is 12.4 Å². The van der Waals surface area contributed by atoms with Gasteiger partial charge in [-0.3, -0.25) is 0 Å². The molecular weight excluding hydrogens is 234 g/mol. The molecule has 2 rings (SSSR count). The highest BCUT2D eigenvalue weighted by atomic mass is 35.5. The Morgan fingerprint density at radius 2 is 2.06 bits per heavy atom. The van der Waals surface area contributed by atoms with E-state index >= 15 is 0 Å². The molecule has 17 heavy (non-hydrogen) atoms. The standard InChI is InChI=1S/C14H21NO.ClH/c1-15(2)10-11-4-5-12-6-7-14(16-3)9-13(12)8-11;/h6-7,9,11H,4-5,8,10H2,1-3H3;1H. The molecule has 0 aliphatic heterocycles. The molecule has 3 heteroatoms. The number of nitrogens with zero attached hydrogens (tertiary/aromatic N) is 1. The highest BCUT2D eigenvalue weighted by molar-refractivity contribution is 5.85. The molecule has 0 N–H and O–H groups in total. The third-order valence-electron chi connectivity index (χ3n) is 3.37. The van der Waals surface area contributed by atoms with Crippen molar-refractivity contribution in [3.05, 3.63) is 29.3 Å². The molecule has 1 aromatic rings. The zero-order valence-corrected chi connectivity index (χ0v) is 11.7. The Hall–Kier alpha value is -0.730. The Morgan fingerprint density at radius 1 is 1.29 bits per heavy atom. The van der Waals surface area contributed by atoms with Gasteiger partial charge in [-0.05, 0) is 62.5 Å². The SMILES string of the molecule is COc1ccc2c(c1)CC(CN(C)C)CC2.Cl. The number of fused-ring (bicyclic) bond motifs is 1. The molecule has 0 aromatic heterocycles. The molecule has 0 bridgehead atoms. The van der Waals surface area contributed by atoms with E-state index in [1.54, 1.807) is 7.11 Å². The quantitative estimate of drug-likeness (QED) is 0.824. The van der Waals surface area contributed by atoms with E-state index in [1.807, 2.05) is 0 Å². The van der Waals surface area contributed by atoms with Crippen LogP contribution in [-0.4, -0.2) is 32.6 Å². The van der Waals surface area contributed by atoms with Gasteiger partial charge in [-0.15, -0.1) is 12.4 Å². The molecule has 0 saturated heterocycles. The van der Waals surface area contributed by atoms with Crippen molar-refractivity contribution in [1.29, 1.82) is 0 Å². The summed E-state index contributed by atoms with van der Waals surface area (Å²) in [7, 11) is 6.05. The number of aryl methyl sites for hydroxylation is 1. The van der Waals surface area contributed by atoms with Gasteiger partial charge in [0.25, 0.3) is 0 Å². The van der Waals surface area contributed by atoms with Gasteiger partial charge in [0.2, 0.25) is 0 Å². The molecule has 96 valence electrons. The van der Waals surface area contributed by atoms with E-state index < -0.39 is 0 Å². The van der Waals surface area contributed by atoms with Crippen molar-refractivity contribution in [2.45, 2.75) is 19.3 Å². The molecule has 1 atom stereocenters. The third-order valence-corrected chi connectivity index (χ3v) is 3.37. The van der Waals surface area contributed by atoms with Crippen LogP contribution in [0.3, 0.4) is 0 Å². The summed E-state index contributed by atoms with van der Waals surface area (Å²) in [6.07, 6.45) is 3.74. The normalized spacial score (nSPS) is 18.5. The van der Waals surface area contributed by atoms with Crippen molar-refractivity contribution in [3.8, 4) is 5.75 Å². The second kappa shape index (κ2) is 6.27. The first-order chi connectivity index (χ1) is 7.69. The number of hydrogen-bond acceptors (Lipinski definition) is 2. The monoisotopic (exact) mass is 255 g/mol. The Kier molecular flexibility index (Phi) is 5.29. The lowest BCUT2D eigenvalue weighted by Crippen LogP contribution is -2.26. The maximum absolute atomic E-state index is 5.29. The molecule has 1 aliphatic carbocycles. The summed E-state index contributed by atoms with van der Waals surface area (Å²) >= 11 is 0. The van der Waals surface area contributed by atoms with Gasteiger partial charge in [0.15, 0.2) is 0 Å². The lowest BCUT2D eigenvalue weighted by atomic mass is 9.83. The number of methoxy groups -OCH3 is 1. The predicted octanol–water partition coefficient (Wildman–Crippen LogP) is 2.78. The molecule has 1 unspecified atom stereocenters. The molecule has 0 saturated carbocycles. The summed E-state index contributed by atoms with van der Waals surface area (Å²) in [6.45, 7) is 1.19. The maximum atomic E-state index is 5.29. The van der Waals surface area contributed by atoms with Crippen LogP contribution in [0.25, 0.3) is 0 Å². The molecular formula is C14H22ClNO. The van der Waals surface area contributed by atoms with E-state index in [-0.39, 0.29) is 12.4 Å². The van der Waals surface area contributed by atoms with Crippen LogP contribution in [0.15, 0.2) is 18.2 Å². The zero-order valence-electron chi connectivity index (χ0n) is 10.9. The topological polar surface area (TPSA) is 12.5 Å². The molecule has 1 aromatic carbocycles. The van der Waals surface area contributed by atoms with E-state index in [1.165, 1.54) is 36.9 Å². The number of hydrogen-bond donors (Lipinski definition) is 0. The van der Waals surface area contributed by atoms with Crippen LogP contribution < -0.4 is 4.74 Å². The van der Waals surface area contributed by atoms with Crippen LogP contribution in [0.5, 0.6) is 5.75 Å². The molecule has 1 aliphatic rings. The summed E-state index contributed by atoms with van der Waals surface area (Å²) in [5.41, 5.74) is 2.99. The number of ether oxygens (including phenoxy) is 1. The van der Waals surface area contributed by atoms with Crippen LogP contribution in [0.4, 0.5) is 0 Å². The highest BCUT2D eigenvalue weighted by Gasteiger charge is 2.19. The Morgan fingerprint density at radius 3 is 2.71 bits per heavy atom. The molecule has 0 amide bonds. The highest BCUT2D eigenvalue weighted by Crippen LogP contribution is 2.28. The fourth-order valence-corrected chi connectivity index (χ4v) is 2.61. The van der Waals surface area contributed by atoms with Gasteiger partial charge in [0.1, 0.15) is 5.75 Å². The third kappa shape index (κ3) is 3.62. The van der Waals surface area contributed by atoms with E-state index in [2.05, 4.69) is 37.2 Å². The van der Waals surface area contributed by atoms with E-state index in [9.17, 15) is 0 Å². The van der Waals surface area contributed by atoms with Gasteiger partial charge in [-0.1, -0.05) is 6.07 Å². The lowest BCUT2D eigenvalue weighted by molar-refractivity contribution is 0.302.